The Kier molecular flexibility index (Phi) is 4.91. The molecular weight excluding hydrogens is 428 g/mol. The van der Waals surface area contributed by atoms with Crippen LogP contribution < -0.4 is 9.46 Å². The number of sulfonamides is 1. The topological polar surface area (TPSA) is 104 Å². The van der Waals surface area contributed by atoms with Gasteiger partial charge in [-0.2, -0.15) is 10.2 Å². The van der Waals surface area contributed by atoms with Gasteiger partial charge in [0.25, 0.3) is 10.0 Å². The van der Waals surface area contributed by atoms with Gasteiger partial charge in [-0.05, 0) is 38.1 Å². The number of anilines is 1. The number of methoxy groups -OCH3 is 1. The normalized spacial score (nSPS) is 11.8. The van der Waals surface area contributed by atoms with E-state index in [1.54, 1.807) is 41.7 Å². The second-order valence-corrected chi connectivity index (χ2v) is 8.76. The molecule has 1 N–H and O–H groups in total. The van der Waals surface area contributed by atoms with E-state index in [4.69, 9.17) is 16.3 Å². The molecule has 9 nitrogen and oxygen atoms in total. The maximum Gasteiger partial charge on any atom is 0.263 e. The number of hydrogen-bond donors (Lipinski definition) is 1. The summed E-state index contributed by atoms with van der Waals surface area (Å²) in [7, 11) is -0.724. The van der Waals surface area contributed by atoms with Gasteiger partial charge in [-0.25, -0.2) is 18.1 Å². The highest BCUT2D eigenvalue weighted by Gasteiger charge is 2.21. The van der Waals surface area contributed by atoms with Gasteiger partial charge in [0, 0.05) is 18.6 Å². The van der Waals surface area contributed by atoms with Crippen LogP contribution in [0, 0.1) is 13.8 Å². The quantitative estimate of drug-likeness (QED) is 0.504. The molecule has 0 radical (unpaired) electrons. The van der Waals surface area contributed by atoms with Gasteiger partial charge in [-0.15, -0.1) is 0 Å². The molecule has 30 heavy (non-hydrogen) atoms. The largest absolute Gasteiger partial charge is 0.494 e. The van der Waals surface area contributed by atoms with Crippen LogP contribution in [0.25, 0.3) is 16.7 Å². The second kappa shape index (κ2) is 7.29. The summed E-state index contributed by atoms with van der Waals surface area (Å²) in [6.07, 6.45) is 2.93. The summed E-state index contributed by atoms with van der Waals surface area (Å²) in [5, 5.41) is 9.85. The summed E-state index contributed by atoms with van der Waals surface area (Å²) in [4.78, 5) is 4.26. The SMILES string of the molecule is COc1ccc2cnn(C)c2c1NS(=O)(=O)c1ccc(-n2nc(C)c(Cl)c2C)nc1. The number of hydrogen-bond acceptors (Lipinski definition) is 6. The minimum atomic E-state index is -3.93. The molecule has 4 rings (SSSR count). The van der Waals surface area contributed by atoms with Gasteiger partial charge in [0.2, 0.25) is 0 Å². The highest BCUT2D eigenvalue weighted by molar-refractivity contribution is 7.92. The van der Waals surface area contributed by atoms with E-state index in [0.29, 0.717) is 33.5 Å². The number of nitrogens with one attached hydrogen (secondary N) is 1. The molecule has 0 bridgehead atoms. The van der Waals surface area contributed by atoms with Crippen molar-refractivity contribution in [2.24, 2.45) is 7.05 Å². The van der Waals surface area contributed by atoms with Crippen molar-refractivity contribution in [2.75, 3.05) is 11.8 Å². The lowest BCUT2D eigenvalue weighted by Gasteiger charge is -2.14. The summed E-state index contributed by atoms with van der Waals surface area (Å²) in [5.41, 5.74) is 2.32. The molecule has 0 saturated heterocycles. The Morgan fingerprint density at radius 3 is 2.50 bits per heavy atom. The first-order valence-electron chi connectivity index (χ1n) is 8.92. The Morgan fingerprint density at radius 2 is 1.90 bits per heavy atom. The average Bonchev–Trinajstić information content (AvgIpc) is 3.23. The third-order valence-electron chi connectivity index (χ3n) is 4.77. The van der Waals surface area contributed by atoms with Gasteiger partial charge in [0.1, 0.15) is 16.3 Å². The van der Waals surface area contributed by atoms with Crippen molar-refractivity contribution in [1.29, 1.82) is 0 Å². The van der Waals surface area contributed by atoms with Crippen molar-refractivity contribution in [3.05, 3.63) is 53.1 Å². The van der Waals surface area contributed by atoms with Crippen molar-refractivity contribution in [3.8, 4) is 11.6 Å². The van der Waals surface area contributed by atoms with Crippen LogP contribution in [0.4, 0.5) is 5.69 Å². The van der Waals surface area contributed by atoms with Gasteiger partial charge in [-0.3, -0.25) is 9.40 Å². The Hall–Kier alpha value is -3.11. The van der Waals surface area contributed by atoms with Crippen LogP contribution in [0.15, 0.2) is 41.6 Å². The average molecular weight is 447 g/mol. The van der Waals surface area contributed by atoms with Gasteiger partial charge in [0.15, 0.2) is 5.82 Å². The maximum absolute atomic E-state index is 13.0. The van der Waals surface area contributed by atoms with E-state index in [0.717, 1.165) is 11.1 Å². The fourth-order valence-electron chi connectivity index (χ4n) is 3.21. The fourth-order valence-corrected chi connectivity index (χ4v) is 4.35. The Balaban J connectivity index is 1.72. The minimum absolute atomic E-state index is 0.0000950. The molecule has 0 spiro atoms. The van der Waals surface area contributed by atoms with E-state index in [1.807, 2.05) is 13.0 Å². The summed E-state index contributed by atoms with van der Waals surface area (Å²) in [6.45, 7) is 3.61. The zero-order chi connectivity index (χ0) is 21.6. The van der Waals surface area contributed by atoms with E-state index in [9.17, 15) is 8.42 Å². The molecule has 0 aliphatic heterocycles. The van der Waals surface area contributed by atoms with Crippen LogP contribution in [-0.2, 0) is 17.1 Å². The van der Waals surface area contributed by atoms with E-state index in [1.165, 1.54) is 19.4 Å². The van der Waals surface area contributed by atoms with Crippen LogP contribution in [0.1, 0.15) is 11.4 Å². The number of rotatable bonds is 5. The van der Waals surface area contributed by atoms with Crippen LogP contribution >= 0.6 is 11.6 Å². The number of benzene rings is 1. The zero-order valence-corrected chi connectivity index (χ0v) is 18.3. The first-order valence-corrected chi connectivity index (χ1v) is 10.8. The molecule has 0 aliphatic carbocycles. The first-order chi connectivity index (χ1) is 14.2. The molecular formula is C19H19ClN6O3S. The lowest BCUT2D eigenvalue weighted by atomic mass is 10.2. The third kappa shape index (κ3) is 3.27. The van der Waals surface area contributed by atoms with Crippen molar-refractivity contribution < 1.29 is 13.2 Å². The number of aryl methyl sites for hydroxylation is 2. The zero-order valence-electron chi connectivity index (χ0n) is 16.7. The molecule has 0 atom stereocenters. The lowest BCUT2D eigenvalue weighted by Crippen LogP contribution is -2.15. The summed E-state index contributed by atoms with van der Waals surface area (Å²) in [5.74, 6) is 0.851. The molecule has 3 heterocycles. The smallest absolute Gasteiger partial charge is 0.263 e. The van der Waals surface area contributed by atoms with E-state index < -0.39 is 10.0 Å². The standard InChI is InChI=1S/C19H19ClN6O3S/c1-11-17(20)12(2)26(23-11)16-8-6-14(10-21-16)30(27,28)24-18-15(29-4)7-5-13-9-22-25(3)19(13)18/h5-10,24H,1-4H3. The summed E-state index contributed by atoms with van der Waals surface area (Å²) in [6, 6.07) is 6.54. The number of aromatic nitrogens is 5. The van der Waals surface area contributed by atoms with Gasteiger partial charge < -0.3 is 4.74 Å². The predicted molar refractivity (Wildman–Crippen MR) is 114 cm³/mol. The van der Waals surface area contributed by atoms with Crippen LogP contribution in [0.2, 0.25) is 5.02 Å². The van der Waals surface area contributed by atoms with Crippen molar-refractivity contribution >= 4 is 38.2 Å². The monoisotopic (exact) mass is 446 g/mol. The highest BCUT2D eigenvalue weighted by atomic mass is 35.5. The third-order valence-corrected chi connectivity index (χ3v) is 6.65. The molecule has 11 heteroatoms. The lowest BCUT2D eigenvalue weighted by molar-refractivity contribution is 0.417. The van der Waals surface area contributed by atoms with Crippen LogP contribution in [0.3, 0.4) is 0 Å². The summed E-state index contributed by atoms with van der Waals surface area (Å²) < 4.78 is 37.2. The van der Waals surface area contributed by atoms with E-state index >= 15 is 0 Å². The molecule has 4 aromatic rings. The van der Waals surface area contributed by atoms with E-state index in [-0.39, 0.29) is 4.90 Å². The molecule has 0 amide bonds. The Labute approximate surface area is 178 Å². The molecule has 0 saturated carbocycles. The molecule has 0 fully saturated rings. The summed E-state index contributed by atoms with van der Waals surface area (Å²) >= 11 is 6.19. The number of halogens is 1. The predicted octanol–water partition coefficient (Wildman–Crippen LogP) is 3.23. The number of nitrogens with zero attached hydrogens (tertiary/aromatic N) is 5. The first kappa shape index (κ1) is 20.2. The Morgan fingerprint density at radius 1 is 1.13 bits per heavy atom. The number of fused-ring (bicyclic) bond motifs is 1. The molecule has 1 aromatic carbocycles. The molecule has 0 unspecified atom stereocenters. The molecule has 0 aliphatic rings. The van der Waals surface area contributed by atoms with Crippen molar-refractivity contribution in [2.45, 2.75) is 18.7 Å². The van der Waals surface area contributed by atoms with Gasteiger partial charge in [0.05, 0.1) is 35.2 Å². The van der Waals surface area contributed by atoms with Crippen molar-refractivity contribution in [1.82, 2.24) is 24.5 Å². The second-order valence-electron chi connectivity index (χ2n) is 6.70. The van der Waals surface area contributed by atoms with Crippen LogP contribution in [0.5, 0.6) is 5.75 Å². The Bertz CT molecular complexity index is 1360. The number of pyridine rings is 1. The van der Waals surface area contributed by atoms with Crippen molar-refractivity contribution in [3.63, 3.8) is 0 Å². The van der Waals surface area contributed by atoms with E-state index in [2.05, 4.69) is 19.9 Å². The molecule has 156 valence electrons. The van der Waals surface area contributed by atoms with Crippen LogP contribution in [-0.4, -0.2) is 40.1 Å². The molecule has 3 aromatic heterocycles. The number of ether oxygens (including phenoxy) is 1. The maximum atomic E-state index is 13.0. The fraction of sp³-hybridized carbons (Fsp3) is 0.211. The minimum Gasteiger partial charge on any atom is -0.494 e. The van der Waals surface area contributed by atoms with Gasteiger partial charge in [-0.1, -0.05) is 11.6 Å². The highest BCUT2D eigenvalue weighted by Crippen LogP contribution is 2.34. The van der Waals surface area contributed by atoms with Gasteiger partial charge >= 0.3 is 0 Å².